The van der Waals surface area contributed by atoms with E-state index in [0.29, 0.717) is 11.3 Å². The van der Waals surface area contributed by atoms with Crippen molar-refractivity contribution in [3.05, 3.63) is 77.9 Å². The molecule has 1 aliphatic heterocycles. The van der Waals surface area contributed by atoms with Crippen LogP contribution < -0.4 is 10.1 Å². The molecule has 3 amide bonds. The van der Waals surface area contributed by atoms with Gasteiger partial charge in [-0.1, -0.05) is 54.6 Å². The first-order valence-electron chi connectivity index (χ1n) is 8.86. The van der Waals surface area contributed by atoms with Gasteiger partial charge in [0.05, 0.1) is 13.3 Å². The zero-order chi connectivity index (χ0) is 19.7. The van der Waals surface area contributed by atoms with Crippen LogP contribution >= 0.6 is 0 Å². The molecule has 6 heteroatoms. The Bertz CT molecular complexity index is 1090. The number of hydrazone groups is 1. The summed E-state index contributed by atoms with van der Waals surface area (Å²) in [5, 5.41) is 9.86. The van der Waals surface area contributed by atoms with Crippen molar-refractivity contribution in [2.24, 2.45) is 5.10 Å². The minimum Gasteiger partial charge on any atom is -0.497 e. The molecule has 3 aromatic carbocycles. The number of hydrogen-bond donors (Lipinski definition) is 1. The predicted octanol–water partition coefficient (Wildman–Crippen LogP) is 3.65. The second kappa shape index (κ2) is 6.81. The van der Waals surface area contributed by atoms with E-state index in [2.05, 4.69) is 10.4 Å². The van der Waals surface area contributed by atoms with E-state index >= 15 is 0 Å². The molecular weight excluding hydrogens is 354 g/mol. The minimum atomic E-state index is -1.18. The molecule has 0 aromatic heterocycles. The highest BCUT2D eigenvalue weighted by atomic mass is 16.5. The average molecular weight is 373 g/mol. The smallest absolute Gasteiger partial charge is 0.346 e. The summed E-state index contributed by atoms with van der Waals surface area (Å²) < 4.78 is 5.15. The lowest BCUT2D eigenvalue weighted by Gasteiger charge is -2.21. The molecule has 1 N–H and O–H groups in total. The van der Waals surface area contributed by atoms with Gasteiger partial charge < -0.3 is 10.1 Å². The van der Waals surface area contributed by atoms with E-state index in [1.54, 1.807) is 44.5 Å². The largest absolute Gasteiger partial charge is 0.497 e. The van der Waals surface area contributed by atoms with E-state index in [9.17, 15) is 9.59 Å². The van der Waals surface area contributed by atoms with Gasteiger partial charge in [-0.3, -0.25) is 4.79 Å². The summed E-state index contributed by atoms with van der Waals surface area (Å²) in [4.78, 5) is 25.4. The standard InChI is InChI=1S/C22H19N3O3/c1-22(17-10-12-18(28-2)13-11-17)20(26)25(21(27)24-22)23-14-16-8-5-7-15-6-3-4-9-19(15)16/h3-14H,1-2H3,(H,24,27)/b23-14-/t22-/m0/s1. The molecule has 140 valence electrons. The van der Waals surface area contributed by atoms with Gasteiger partial charge in [0.15, 0.2) is 0 Å². The summed E-state index contributed by atoms with van der Waals surface area (Å²) in [6.07, 6.45) is 1.54. The van der Waals surface area contributed by atoms with Crippen molar-refractivity contribution in [2.45, 2.75) is 12.5 Å². The number of urea groups is 1. The Balaban J connectivity index is 1.64. The van der Waals surface area contributed by atoms with Crippen molar-refractivity contribution < 1.29 is 14.3 Å². The maximum absolute atomic E-state index is 13.0. The van der Waals surface area contributed by atoms with E-state index < -0.39 is 17.5 Å². The van der Waals surface area contributed by atoms with Crippen LogP contribution in [0.15, 0.2) is 71.8 Å². The Kier molecular flexibility index (Phi) is 4.31. The summed E-state index contributed by atoms with van der Waals surface area (Å²) in [5.74, 6) is 0.245. The zero-order valence-electron chi connectivity index (χ0n) is 15.5. The van der Waals surface area contributed by atoms with Gasteiger partial charge in [-0.25, -0.2) is 4.79 Å². The quantitative estimate of drug-likeness (QED) is 0.561. The zero-order valence-corrected chi connectivity index (χ0v) is 15.5. The van der Waals surface area contributed by atoms with Crippen LogP contribution in [0.3, 0.4) is 0 Å². The maximum Gasteiger partial charge on any atom is 0.346 e. The molecule has 1 aliphatic rings. The van der Waals surface area contributed by atoms with Crippen LogP contribution in [0.2, 0.25) is 0 Å². The minimum absolute atomic E-state index is 0.431. The number of fused-ring (bicyclic) bond motifs is 1. The number of methoxy groups -OCH3 is 1. The van der Waals surface area contributed by atoms with Crippen molar-refractivity contribution in [2.75, 3.05) is 7.11 Å². The lowest BCUT2D eigenvalue weighted by molar-refractivity contribution is -0.131. The predicted molar refractivity (Wildman–Crippen MR) is 107 cm³/mol. The van der Waals surface area contributed by atoms with Crippen molar-refractivity contribution in [1.82, 2.24) is 10.3 Å². The fourth-order valence-corrected chi connectivity index (χ4v) is 3.33. The van der Waals surface area contributed by atoms with Gasteiger partial charge >= 0.3 is 6.03 Å². The van der Waals surface area contributed by atoms with Crippen LogP contribution in [0, 0.1) is 0 Å². The Labute approximate surface area is 162 Å². The molecule has 3 aromatic rings. The monoisotopic (exact) mass is 373 g/mol. The average Bonchev–Trinajstić information content (AvgIpc) is 2.95. The second-order valence-electron chi connectivity index (χ2n) is 6.71. The van der Waals surface area contributed by atoms with E-state index in [-0.39, 0.29) is 0 Å². The maximum atomic E-state index is 13.0. The van der Waals surface area contributed by atoms with Crippen molar-refractivity contribution in [1.29, 1.82) is 0 Å². The van der Waals surface area contributed by atoms with Crippen molar-refractivity contribution in [3.63, 3.8) is 0 Å². The highest BCUT2D eigenvalue weighted by Gasteiger charge is 2.49. The summed E-state index contributed by atoms with van der Waals surface area (Å²) in [6.45, 7) is 1.67. The van der Waals surface area contributed by atoms with Crippen LogP contribution in [0.4, 0.5) is 4.79 Å². The van der Waals surface area contributed by atoms with Gasteiger partial charge in [-0.05, 0) is 35.4 Å². The van der Waals surface area contributed by atoms with Crippen molar-refractivity contribution >= 4 is 28.9 Å². The third kappa shape index (κ3) is 2.89. The Morgan fingerprint density at radius 3 is 2.46 bits per heavy atom. The number of amides is 3. The number of rotatable bonds is 4. The molecule has 28 heavy (non-hydrogen) atoms. The lowest BCUT2D eigenvalue weighted by Crippen LogP contribution is -2.40. The normalized spacial score (nSPS) is 19.4. The van der Waals surface area contributed by atoms with E-state index in [1.807, 2.05) is 42.5 Å². The fourth-order valence-electron chi connectivity index (χ4n) is 3.33. The highest BCUT2D eigenvalue weighted by Crippen LogP contribution is 2.30. The number of imide groups is 1. The van der Waals surface area contributed by atoms with Crippen molar-refractivity contribution in [3.8, 4) is 5.75 Å². The molecule has 0 spiro atoms. The first-order valence-corrected chi connectivity index (χ1v) is 8.86. The number of carbonyl (C=O) groups excluding carboxylic acids is 2. The molecule has 6 nitrogen and oxygen atoms in total. The number of carbonyl (C=O) groups is 2. The van der Waals surface area contributed by atoms with Crippen LogP contribution in [-0.2, 0) is 10.3 Å². The first kappa shape index (κ1) is 17.7. The van der Waals surface area contributed by atoms with E-state index in [0.717, 1.165) is 21.3 Å². The van der Waals surface area contributed by atoms with Gasteiger partial charge in [-0.2, -0.15) is 5.10 Å². The molecule has 1 saturated heterocycles. The molecule has 0 saturated carbocycles. The van der Waals surface area contributed by atoms with Gasteiger partial charge in [0.25, 0.3) is 5.91 Å². The van der Waals surface area contributed by atoms with Crippen LogP contribution in [0.1, 0.15) is 18.1 Å². The first-order chi connectivity index (χ1) is 13.5. The fraction of sp³-hybridized carbons (Fsp3) is 0.136. The number of hydrogen-bond acceptors (Lipinski definition) is 4. The third-order valence-corrected chi connectivity index (χ3v) is 4.97. The molecular formula is C22H19N3O3. The Morgan fingerprint density at radius 1 is 1.00 bits per heavy atom. The molecule has 0 radical (unpaired) electrons. The van der Waals surface area contributed by atoms with Gasteiger partial charge in [0.1, 0.15) is 11.3 Å². The topological polar surface area (TPSA) is 71.0 Å². The lowest BCUT2D eigenvalue weighted by atomic mass is 9.92. The van der Waals surface area contributed by atoms with Crippen LogP contribution in [0.25, 0.3) is 10.8 Å². The molecule has 0 bridgehead atoms. The van der Waals surface area contributed by atoms with Gasteiger partial charge in [-0.15, -0.1) is 5.01 Å². The number of nitrogens with zero attached hydrogens (tertiary/aromatic N) is 2. The second-order valence-corrected chi connectivity index (χ2v) is 6.71. The molecule has 0 aliphatic carbocycles. The van der Waals surface area contributed by atoms with Crippen LogP contribution in [-0.4, -0.2) is 30.3 Å². The Morgan fingerprint density at radius 2 is 1.71 bits per heavy atom. The number of ether oxygens (including phenoxy) is 1. The molecule has 1 atom stereocenters. The van der Waals surface area contributed by atoms with Gasteiger partial charge in [0.2, 0.25) is 0 Å². The molecule has 0 unspecified atom stereocenters. The number of benzene rings is 3. The Hall–Kier alpha value is -3.67. The SMILES string of the molecule is COc1ccc([C@]2(C)NC(=O)N(/N=C\c3cccc4ccccc34)C2=O)cc1. The summed E-state index contributed by atoms with van der Waals surface area (Å²) in [5.41, 5.74) is 0.311. The third-order valence-electron chi connectivity index (χ3n) is 4.97. The molecule has 1 heterocycles. The van der Waals surface area contributed by atoms with E-state index in [1.165, 1.54) is 0 Å². The number of nitrogens with one attached hydrogen (secondary N) is 1. The van der Waals surface area contributed by atoms with Crippen LogP contribution in [0.5, 0.6) is 5.75 Å². The van der Waals surface area contributed by atoms with Gasteiger partial charge in [0, 0.05) is 5.56 Å². The summed E-state index contributed by atoms with van der Waals surface area (Å²) in [6, 6.07) is 20.2. The molecule has 4 rings (SSSR count). The van der Waals surface area contributed by atoms with E-state index in [4.69, 9.17) is 4.74 Å². The highest BCUT2D eigenvalue weighted by molar-refractivity contribution is 6.08. The molecule has 1 fully saturated rings. The summed E-state index contributed by atoms with van der Waals surface area (Å²) in [7, 11) is 1.57. The summed E-state index contributed by atoms with van der Waals surface area (Å²) >= 11 is 0.